The second kappa shape index (κ2) is 4.19. The number of aromatic nitrogens is 2. The molecule has 0 radical (unpaired) electrons. The minimum atomic E-state index is -0.604. The van der Waals surface area contributed by atoms with Crippen LogP contribution in [0.25, 0.3) is 0 Å². The van der Waals surface area contributed by atoms with Crippen molar-refractivity contribution in [1.82, 2.24) is 9.97 Å². The molecule has 1 aromatic rings. The average molecular weight is 184 g/mol. The Morgan fingerprint density at radius 3 is 2.92 bits per heavy atom. The van der Waals surface area contributed by atoms with E-state index < -0.39 is 11.2 Å². The molecule has 0 fully saturated rings. The first-order valence-corrected chi connectivity index (χ1v) is 3.59. The highest BCUT2D eigenvalue weighted by atomic mass is 16.6. The van der Waals surface area contributed by atoms with E-state index in [1.807, 2.05) is 4.98 Å². The summed E-state index contributed by atoms with van der Waals surface area (Å²) in [6, 6.07) is 0. The molecule has 7 nitrogen and oxygen atoms in total. The quantitative estimate of drug-likeness (QED) is 0.514. The second-order valence-electron chi connectivity index (χ2n) is 2.06. The largest absolute Gasteiger partial charge is 0.380 e. The minimum absolute atomic E-state index is 0.00644. The van der Waals surface area contributed by atoms with Crippen LogP contribution in [0.1, 0.15) is 6.92 Å². The lowest BCUT2D eigenvalue weighted by Gasteiger charge is -1.89. The Morgan fingerprint density at radius 2 is 2.31 bits per heavy atom. The second-order valence-corrected chi connectivity index (χ2v) is 2.06. The van der Waals surface area contributed by atoms with Gasteiger partial charge in [0.15, 0.2) is 5.69 Å². The van der Waals surface area contributed by atoms with Crippen molar-refractivity contribution in [2.75, 3.05) is 6.61 Å². The fourth-order valence-corrected chi connectivity index (χ4v) is 0.608. The number of aromatic amines is 2. The Kier molecular flexibility index (Phi) is 2.96. The van der Waals surface area contributed by atoms with E-state index in [4.69, 9.17) is 0 Å². The monoisotopic (exact) mass is 184 g/mol. The smallest absolute Gasteiger partial charge is 0.325 e. The maximum absolute atomic E-state index is 10.9. The highest BCUT2D eigenvalue weighted by molar-refractivity contribution is 5.27. The van der Waals surface area contributed by atoms with Gasteiger partial charge < -0.3 is 9.82 Å². The van der Waals surface area contributed by atoms with Gasteiger partial charge in [-0.2, -0.15) is 0 Å². The van der Waals surface area contributed by atoms with Gasteiger partial charge in [0.25, 0.3) is 5.56 Å². The summed E-state index contributed by atoms with van der Waals surface area (Å²) in [6.07, 6.45) is 1.16. The van der Waals surface area contributed by atoms with Crippen LogP contribution in [-0.4, -0.2) is 16.6 Å². The molecule has 0 spiro atoms. The fourth-order valence-electron chi connectivity index (χ4n) is 0.608. The summed E-state index contributed by atoms with van der Waals surface area (Å²) in [5, 5.41) is 6.66. The van der Waals surface area contributed by atoms with Gasteiger partial charge in [-0.25, -0.2) is 4.79 Å². The van der Waals surface area contributed by atoms with Crippen molar-refractivity contribution in [2.24, 2.45) is 10.4 Å². The van der Waals surface area contributed by atoms with Gasteiger partial charge in [0.05, 0.1) is 0 Å². The van der Waals surface area contributed by atoms with Crippen LogP contribution in [0.3, 0.4) is 0 Å². The molecule has 0 saturated carbocycles. The molecule has 13 heavy (non-hydrogen) atoms. The Morgan fingerprint density at radius 1 is 1.54 bits per heavy atom. The lowest BCUT2D eigenvalue weighted by molar-refractivity contribution is 0.139. The van der Waals surface area contributed by atoms with E-state index >= 15 is 0 Å². The SMILES string of the molecule is CCON=Nc1c[nH]c(=O)[nH]c1=O. The molecular formula is C6H8N4O3. The maximum atomic E-state index is 10.9. The Bertz CT molecular complexity index is 405. The van der Waals surface area contributed by atoms with Crippen LogP contribution >= 0.6 is 0 Å². The van der Waals surface area contributed by atoms with Crippen molar-refractivity contribution in [2.45, 2.75) is 6.92 Å². The summed E-state index contributed by atoms with van der Waals surface area (Å²) in [5.41, 5.74) is -1.19. The third-order valence-electron chi connectivity index (χ3n) is 1.14. The standard InChI is InChI=1S/C6H8N4O3/c1-2-13-10-9-4-3-7-6(12)8-5(4)11/h3H,2H2,1H3,(H2,7,8,11,12). The molecule has 0 unspecified atom stereocenters. The van der Waals surface area contributed by atoms with E-state index in [9.17, 15) is 9.59 Å². The molecular weight excluding hydrogens is 176 g/mol. The van der Waals surface area contributed by atoms with Crippen LogP contribution in [0, 0.1) is 0 Å². The van der Waals surface area contributed by atoms with Gasteiger partial charge >= 0.3 is 5.69 Å². The molecule has 0 bridgehead atoms. The summed E-state index contributed by atoms with van der Waals surface area (Å²) in [6.45, 7) is 2.10. The number of hydrogen-bond donors (Lipinski definition) is 2. The van der Waals surface area contributed by atoms with Crippen LogP contribution in [-0.2, 0) is 4.84 Å². The van der Waals surface area contributed by atoms with Crippen LogP contribution in [0.2, 0.25) is 0 Å². The zero-order chi connectivity index (χ0) is 9.68. The van der Waals surface area contributed by atoms with Crippen molar-refractivity contribution in [3.8, 4) is 0 Å². The lowest BCUT2D eigenvalue weighted by atomic mass is 10.5. The van der Waals surface area contributed by atoms with E-state index in [2.05, 4.69) is 20.2 Å². The molecule has 0 amide bonds. The van der Waals surface area contributed by atoms with Crippen molar-refractivity contribution >= 4 is 5.69 Å². The summed E-state index contributed by atoms with van der Waals surface area (Å²) in [7, 11) is 0. The Labute approximate surface area is 72.4 Å². The van der Waals surface area contributed by atoms with Crippen LogP contribution in [0.4, 0.5) is 5.69 Å². The zero-order valence-corrected chi connectivity index (χ0v) is 6.90. The molecule has 1 rings (SSSR count). The number of H-pyrrole nitrogens is 2. The predicted molar refractivity (Wildman–Crippen MR) is 43.8 cm³/mol. The zero-order valence-electron chi connectivity index (χ0n) is 6.90. The first kappa shape index (κ1) is 9.17. The van der Waals surface area contributed by atoms with E-state index in [-0.39, 0.29) is 5.69 Å². The normalized spacial score (nSPS) is 10.5. The topological polar surface area (TPSA) is 99.7 Å². The van der Waals surface area contributed by atoms with E-state index in [0.29, 0.717) is 6.61 Å². The third kappa shape index (κ3) is 2.55. The molecule has 0 atom stereocenters. The van der Waals surface area contributed by atoms with Gasteiger partial charge in [-0.15, -0.1) is 5.11 Å². The Hall–Kier alpha value is -1.92. The van der Waals surface area contributed by atoms with E-state index in [1.54, 1.807) is 6.92 Å². The van der Waals surface area contributed by atoms with Crippen LogP contribution in [0.15, 0.2) is 26.2 Å². The summed E-state index contributed by atoms with van der Waals surface area (Å²) < 4.78 is 0. The molecule has 7 heteroatoms. The molecule has 0 aliphatic carbocycles. The fraction of sp³-hybridized carbons (Fsp3) is 0.333. The number of nitrogens with one attached hydrogen (secondary N) is 2. The molecule has 2 N–H and O–H groups in total. The molecule has 0 saturated heterocycles. The van der Waals surface area contributed by atoms with E-state index in [1.165, 1.54) is 0 Å². The van der Waals surface area contributed by atoms with Gasteiger partial charge in [0.2, 0.25) is 0 Å². The third-order valence-corrected chi connectivity index (χ3v) is 1.14. The summed E-state index contributed by atoms with van der Waals surface area (Å²) >= 11 is 0. The number of hydrogen-bond acceptors (Lipinski definition) is 5. The highest BCUT2D eigenvalue weighted by Gasteiger charge is 1.96. The van der Waals surface area contributed by atoms with E-state index in [0.717, 1.165) is 6.20 Å². The van der Waals surface area contributed by atoms with Crippen LogP contribution in [0.5, 0.6) is 0 Å². The van der Waals surface area contributed by atoms with Gasteiger partial charge in [0.1, 0.15) is 6.61 Å². The molecule has 1 aromatic heterocycles. The Balaban J connectivity index is 2.90. The lowest BCUT2D eigenvalue weighted by Crippen LogP contribution is -2.20. The first-order valence-electron chi connectivity index (χ1n) is 3.59. The van der Waals surface area contributed by atoms with Gasteiger partial charge in [-0.3, -0.25) is 9.78 Å². The highest BCUT2D eigenvalue weighted by Crippen LogP contribution is 1.98. The van der Waals surface area contributed by atoms with Gasteiger partial charge in [-0.1, -0.05) is 0 Å². The summed E-state index contributed by atoms with van der Waals surface area (Å²) in [5.74, 6) is 0. The van der Waals surface area contributed by atoms with Crippen molar-refractivity contribution < 1.29 is 4.84 Å². The maximum Gasteiger partial charge on any atom is 0.325 e. The molecule has 0 aliphatic heterocycles. The van der Waals surface area contributed by atoms with Gasteiger partial charge in [-0.05, 0) is 6.92 Å². The average Bonchev–Trinajstić information content (AvgIpc) is 2.09. The first-order chi connectivity index (χ1) is 6.24. The number of rotatable bonds is 3. The van der Waals surface area contributed by atoms with Crippen molar-refractivity contribution in [3.05, 3.63) is 27.0 Å². The minimum Gasteiger partial charge on any atom is -0.380 e. The molecule has 0 aromatic carbocycles. The summed E-state index contributed by atoms with van der Waals surface area (Å²) in [4.78, 5) is 30.3. The van der Waals surface area contributed by atoms with Crippen molar-refractivity contribution in [1.29, 1.82) is 0 Å². The molecule has 1 heterocycles. The van der Waals surface area contributed by atoms with Crippen molar-refractivity contribution in [3.63, 3.8) is 0 Å². The molecule has 0 aliphatic rings. The predicted octanol–water partition coefficient (Wildman–Crippen LogP) is 0.0984. The molecule has 70 valence electrons. The van der Waals surface area contributed by atoms with Crippen LogP contribution < -0.4 is 11.2 Å². The van der Waals surface area contributed by atoms with Gasteiger partial charge in [0, 0.05) is 11.5 Å². The number of nitrogens with zero attached hydrogens (tertiary/aromatic N) is 2.